The van der Waals surface area contributed by atoms with Crippen LogP contribution in [0.1, 0.15) is 78.6 Å². The molecule has 0 spiro atoms. The molecule has 0 aromatic rings. The van der Waals surface area contributed by atoms with Crippen molar-refractivity contribution >= 4 is 5.91 Å². The number of unbranched alkanes of at least 4 members (excludes halogenated alkanes) is 3. The molecule has 0 heterocycles. The lowest BCUT2D eigenvalue weighted by Gasteiger charge is -2.13. The van der Waals surface area contributed by atoms with Crippen LogP contribution < -0.4 is 5.73 Å². The number of carbonyl (C=O) groups is 1. The molecule has 0 radical (unpaired) electrons. The molecule has 0 saturated carbocycles. The van der Waals surface area contributed by atoms with Gasteiger partial charge in [0.2, 0.25) is 5.91 Å². The van der Waals surface area contributed by atoms with E-state index in [-0.39, 0.29) is 5.91 Å². The molecular formula is C15H29NO. The average molecular weight is 239 g/mol. The summed E-state index contributed by atoms with van der Waals surface area (Å²) in [5.41, 5.74) is 7.78. The van der Waals surface area contributed by atoms with Gasteiger partial charge < -0.3 is 5.73 Å². The van der Waals surface area contributed by atoms with E-state index in [1.165, 1.54) is 31.3 Å². The van der Waals surface area contributed by atoms with Crippen LogP contribution in [-0.4, -0.2) is 5.91 Å². The fourth-order valence-corrected chi connectivity index (χ4v) is 2.03. The van der Waals surface area contributed by atoms with Crippen molar-refractivity contribution in [3.8, 4) is 0 Å². The van der Waals surface area contributed by atoms with Gasteiger partial charge >= 0.3 is 0 Å². The maximum atomic E-state index is 11.5. The summed E-state index contributed by atoms with van der Waals surface area (Å²) in [6, 6.07) is 0. The molecule has 0 saturated heterocycles. The van der Waals surface area contributed by atoms with Crippen LogP contribution in [0.5, 0.6) is 0 Å². The Hall–Kier alpha value is -0.790. The van der Waals surface area contributed by atoms with E-state index >= 15 is 0 Å². The van der Waals surface area contributed by atoms with Crippen molar-refractivity contribution in [2.75, 3.05) is 0 Å². The fraction of sp³-hybridized carbons (Fsp3) is 0.800. The Morgan fingerprint density at radius 1 is 0.824 bits per heavy atom. The van der Waals surface area contributed by atoms with Gasteiger partial charge in [-0.2, -0.15) is 0 Å². The van der Waals surface area contributed by atoms with Gasteiger partial charge in [0.15, 0.2) is 0 Å². The molecule has 2 N–H and O–H groups in total. The van der Waals surface area contributed by atoms with E-state index in [0.29, 0.717) is 0 Å². The summed E-state index contributed by atoms with van der Waals surface area (Å²) in [6.45, 7) is 6.53. The van der Waals surface area contributed by atoms with Gasteiger partial charge in [-0.05, 0) is 38.5 Å². The van der Waals surface area contributed by atoms with Gasteiger partial charge in [0.25, 0.3) is 0 Å². The van der Waals surface area contributed by atoms with Crippen molar-refractivity contribution in [1.29, 1.82) is 0 Å². The van der Waals surface area contributed by atoms with Crippen LogP contribution in [0.15, 0.2) is 11.1 Å². The molecule has 0 rings (SSSR count). The number of hydrogen-bond donors (Lipinski definition) is 1. The normalized spacial score (nSPS) is 10.3. The minimum atomic E-state index is -0.194. The van der Waals surface area contributed by atoms with Gasteiger partial charge in [0, 0.05) is 5.57 Å². The topological polar surface area (TPSA) is 43.1 Å². The van der Waals surface area contributed by atoms with E-state index < -0.39 is 0 Å². The van der Waals surface area contributed by atoms with Gasteiger partial charge in [0.1, 0.15) is 0 Å². The molecule has 0 bridgehead atoms. The third-order valence-electron chi connectivity index (χ3n) is 3.17. The molecule has 17 heavy (non-hydrogen) atoms. The quantitative estimate of drug-likeness (QED) is 0.566. The Morgan fingerprint density at radius 3 is 1.59 bits per heavy atom. The highest BCUT2D eigenvalue weighted by molar-refractivity contribution is 5.92. The van der Waals surface area contributed by atoms with E-state index in [4.69, 9.17) is 5.73 Å². The summed E-state index contributed by atoms with van der Waals surface area (Å²) in [7, 11) is 0. The first-order valence-electron chi connectivity index (χ1n) is 7.17. The predicted molar refractivity (Wildman–Crippen MR) is 74.8 cm³/mol. The molecular weight excluding hydrogens is 210 g/mol. The number of carbonyl (C=O) groups excluding carboxylic acids is 1. The largest absolute Gasteiger partial charge is 0.366 e. The molecule has 2 heteroatoms. The first-order valence-corrected chi connectivity index (χ1v) is 7.17. The second-order valence-electron chi connectivity index (χ2n) is 4.76. The molecule has 0 fully saturated rings. The summed E-state index contributed by atoms with van der Waals surface area (Å²) in [5, 5.41) is 0. The van der Waals surface area contributed by atoms with Crippen molar-refractivity contribution in [2.45, 2.75) is 78.6 Å². The van der Waals surface area contributed by atoms with Crippen molar-refractivity contribution in [2.24, 2.45) is 5.73 Å². The number of nitrogens with two attached hydrogens (primary N) is 1. The molecule has 0 aliphatic heterocycles. The maximum absolute atomic E-state index is 11.5. The van der Waals surface area contributed by atoms with Gasteiger partial charge in [-0.3, -0.25) is 4.79 Å². The highest BCUT2D eigenvalue weighted by atomic mass is 16.1. The van der Waals surface area contributed by atoms with Crippen LogP contribution in [0.25, 0.3) is 0 Å². The predicted octanol–water partition coefficient (Wildman–Crippen LogP) is 4.34. The SMILES string of the molecule is CCCCC(CCCC)=C(CCCC)C(N)=O. The van der Waals surface area contributed by atoms with Gasteiger partial charge in [-0.15, -0.1) is 0 Å². The van der Waals surface area contributed by atoms with Crippen LogP contribution in [-0.2, 0) is 4.79 Å². The zero-order chi connectivity index (χ0) is 13.1. The van der Waals surface area contributed by atoms with Gasteiger partial charge in [0.05, 0.1) is 0 Å². The summed E-state index contributed by atoms with van der Waals surface area (Å²) in [4.78, 5) is 11.5. The number of primary amides is 1. The lowest BCUT2D eigenvalue weighted by molar-refractivity contribution is -0.114. The lowest BCUT2D eigenvalue weighted by atomic mass is 9.93. The molecule has 0 aromatic heterocycles. The Kier molecular flexibility index (Phi) is 9.89. The number of allylic oxidation sites excluding steroid dienone is 1. The molecule has 0 aromatic carbocycles. The lowest BCUT2D eigenvalue weighted by Crippen LogP contribution is -2.16. The second-order valence-corrected chi connectivity index (χ2v) is 4.76. The summed E-state index contributed by atoms with van der Waals surface area (Å²) >= 11 is 0. The van der Waals surface area contributed by atoms with E-state index in [0.717, 1.165) is 37.7 Å². The first kappa shape index (κ1) is 16.2. The zero-order valence-corrected chi connectivity index (χ0v) is 11.8. The second kappa shape index (κ2) is 10.4. The molecule has 2 nitrogen and oxygen atoms in total. The smallest absolute Gasteiger partial charge is 0.244 e. The van der Waals surface area contributed by atoms with Crippen molar-refractivity contribution in [3.05, 3.63) is 11.1 Å². The van der Waals surface area contributed by atoms with Crippen molar-refractivity contribution in [3.63, 3.8) is 0 Å². The van der Waals surface area contributed by atoms with E-state index in [9.17, 15) is 4.79 Å². The average Bonchev–Trinajstić information content (AvgIpc) is 2.31. The number of amides is 1. The third kappa shape index (κ3) is 7.19. The molecule has 0 atom stereocenters. The van der Waals surface area contributed by atoms with Crippen LogP contribution >= 0.6 is 0 Å². The Bertz CT molecular complexity index is 233. The van der Waals surface area contributed by atoms with Crippen molar-refractivity contribution < 1.29 is 4.79 Å². The molecule has 1 amide bonds. The third-order valence-corrected chi connectivity index (χ3v) is 3.17. The molecule has 0 unspecified atom stereocenters. The minimum Gasteiger partial charge on any atom is -0.366 e. The zero-order valence-electron chi connectivity index (χ0n) is 11.8. The number of hydrogen-bond acceptors (Lipinski definition) is 1. The van der Waals surface area contributed by atoms with E-state index in [1.54, 1.807) is 0 Å². The fourth-order valence-electron chi connectivity index (χ4n) is 2.03. The Morgan fingerprint density at radius 2 is 1.24 bits per heavy atom. The molecule has 0 aliphatic carbocycles. The van der Waals surface area contributed by atoms with E-state index in [2.05, 4.69) is 20.8 Å². The summed E-state index contributed by atoms with van der Waals surface area (Å²) < 4.78 is 0. The van der Waals surface area contributed by atoms with Crippen LogP contribution in [0.2, 0.25) is 0 Å². The highest BCUT2D eigenvalue weighted by Crippen LogP contribution is 2.22. The van der Waals surface area contributed by atoms with Crippen LogP contribution in [0, 0.1) is 0 Å². The highest BCUT2D eigenvalue weighted by Gasteiger charge is 2.11. The van der Waals surface area contributed by atoms with Gasteiger partial charge in [-0.1, -0.05) is 45.6 Å². The summed E-state index contributed by atoms with van der Waals surface area (Å²) in [6.07, 6.45) is 9.85. The molecule has 0 aliphatic rings. The maximum Gasteiger partial charge on any atom is 0.244 e. The standard InChI is InChI=1S/C15H29NO/c1-4-7-10-13(11-8-5-2)14(15(16)17)12-9-6-3/h4-12H2,1-3H3,(H2,16,17). The van der Waals surface area contributed by atoms with Crippen LogP contribution in [0.4, 0.5) is 0 Å². The van der Waals surface area contributed by atoms with Gasteiger partial charge in [-0.25, -0.2) is 0 Å². The Labute approximate surface area is 107 Å². The van der Waals surface area contributed by atoms with E-state index in [1.807, 2.05) is 0 Å². The minimum absolute atomic E-state index is 0.194. The summed E-state index contributed by atoms with van der Waals surface area (Å²) in [5.74, 6) is -0.194. The monoisotopic (exact) mass is 239 g/mol. The first-order chi connectivity index (χ1) is 8.17. The molecule has 100 valence electrons. The Balaban J connectivity index is 4.73. The number of rotatable bonds is 10. The van der Waals surface area contributed by atoms with Crippen molar-refractivity contribution in [1.82, 2.24) is 0 Å². The van der Waals surface area contributed by atoms with Crippen LogP contribution in [0.3, 0.4) is 0 Å².